The van der Waals surface area contributed by atoms with Gasteiger partial charge in [-0.1, -0.05) is 6.07 Å². The first-order valence-electron chi connectivity index (χ1n) is 7.31. The Kier molecular flexibility index (Phi) is 4.04. The molecular formula is C18H14FNO4. The number of benzene rings is 2. The van der Waals surface area contributed by atoms with Crippen LogP contribution in [0.4, 0.5) is 10.1 Å². The maximum atomic E-state index is 13.3. The number of imide groups is 1. The van der Waals surface area contributed by atoms with Crippen molar-refractivity contribution in [3.8, 4) is 11.5 Å². The number of hydrogen-bond donors (Lipinski definition) is 2. The van der Waals surface area contributed by atoms with Crippen molar-refractivity contribution in [1.82, 2.24) is 0 Å². The maximum Gasteiger partial charge on any atom is 0.257 e. The Morgan fingerprint density at radius 3 is 2.62 bits per heavy atom. The van der Waals surface area contributed by atoms with Crippen molar-refractivity contribution >= 4 is 23.6 Å². The average molecular weight is 327 g/mol. The largest absolute Gasteiger partial charge is 0.504 e. The van der Waals surface area contributed by atoms with Gasteiger partial charge in [-0.15, -0.1) is 0 Å². The summed E-state index contributed by atoms with van der Waals surface area (Å²) in [6, 6.07) is 8.05. The first-order chi connectivity index (χ1) is 11.5. The van der Waals surface area contributed by atoms with Gasteiger partial charge in [-0.25, -0.2) is 9.29 Å². The lowest BCUT2D eigenvalue weighted by Gasteiger charge is -2.26. The van der Waals surface area contributed by atoms with Gasteiger partial charge in [0.15, 0.2) is 11.5 Å². The average Bonchev–Trinajstić information content (AvgIpc) is 2.55. The fourth-order valence-corrected chi connectivity index (χ4v) is 2.59. The summed E-state index contributed by atoms with van der Waals surface area (Å²) in [6.07, 6.45) is 3.15. The summed E-state index contributed by atoms with van der Waals surface area (Å²) in [6.45, 7) is 0. The first kappa shape index (κ1) is 15.7. The molecule has 0 saturated heterocycles. The van der Waals surface area contributed by atoms with Crippen LogP contribution >= 0.6 is 0 Å². The van der Waals surface area contributed by atoms with Gasteiger partial charge in [-0.3, -0.25) is 9.59 Å². The molecule has 3 rings (SSSR count). The zero-order valence-electron chi connectivity index (χ0n) is 12.6. The Morgan fingerprint density at radius 2 is 1.88 bits per heavy atom. The van der Waals surface area contributed by atoms with Crippen molar-refractivity contribution in [2.45, 2.75) is 12.8 Å². The van der Waals surface area contributed by atoms with E-state index >= 15 is 0 Å². The van der Waals surface area contributed by atoms with Gasteiger partial charge in [0.1, 0.15) is 5.82 Å². The molecule has 0 aromatic heterocycles. The van der Waals surface area contributed by atoms with Crippen molar-refractivity contribution in [3.05, 3.63) is 59.4 Å². The predicted molar refractivity (Wildman–Crippen MR) is 86.0 cm³/mol. The van der Waals surface area contributed by atoms with Crippen LogP contribution in [0.2, 0.25) is 0 Å². The summed E-state index contributed by atoms with van der Waals surface area (Å²) >= 11 is 0. The fraction of sp³-hybridized carbons (Fsp3) is 0.111. The van der Waals surface area contributed by atoms with Gasteiger partial charge in [-0.05, 0) is 54.0 Å². The molecule has 2 N–H and O–H groups in total. The molecule has 0 fully saturated rings. The molecule has 6 heteroatoms. The lowest BCUT2D eigenvalue weighted by Crippen LogP contribution is -2.39. The second kappa shape index (κ2) is 6.16. The van der Waals surface area contributed by atoms with E-state index in [0.717, 1.165) is 4.90 Å². The molecule has 0 unspecified atom stereocenters. The second-order valence-electron chi connectivity index (χ2n) is 5.42. The predicted octanol–water partition coefficient (Wildman–Crippen LogP) is 2.76. The molecule has 24 heavy (non-hydrogen) atoms. The number of phenolic OH excluding ortho intramolecular Hbond substituents is 2. The van der Waals surface area contributed by atoms with Crippen LogP contribution in [0, 0.1) is 5.82 Å². The van der Waals surface area contributed by atoms with Gasteiger partial charge in [0.25, 0.3) is 5.91 Å². The Labute approximate surface area is 137 Å². The molecule has 5 nitrogen and oxygen atoms in total. The zero-order chi connectivity index (χ0) is 17.3. The quantitative estimate of drug-likeness (QED) is 0.657. The minimum atomic E-state index is -0.555. The van der Waals surface area contributed by atoms with E-state index in [9.17, 15) is 24.2 Å². The molecule has 0 spiro atoms. The van der Waals surface area contributed by atoms with Crippen LogP contribution in [-0.2, 0) is 16.0 Å². The Bertz CT molecular complexity index is 860. The molecule has 1 heterocycles. The van der Waals surface area contributed by atoms with E-state index in [-0.39, 0.29) is 23.8 Å². The number of halogens is 1. The smallest absolute Gasteiger partial charge is 0.257 e. The van der Waals surface area contributed by atoms with Crippen molar-refractivity contribution in [2.75, 3.05) is 4.90 Å². The number of carbonyl (C=O) groups is 2. The molecule has 0 bridgehead atoms. The van der Waals surface area contributed by atoms with E-state index in [1.165, 1.54) is 48.6 Å². The van der Waals surface area contributed by atoms with E-state index in [2.05, 4.69) is 0 Å². The topological polar surface area (TPSA) is 77.8 Å². The van der Waals surface area contributed by atoms with Crippen molar-refractivity contribution in [2.24, 2.45) is 0 Å². The summed E-state index contributed by atoms with van der Waals surface area (Å²) in [5, 5.41) is 18.7. The number of carbonyl (C=O) groups excluding carboxylic acids is 2. The van der Waals surface area contributed by atoms with Crippen LogP contribution in [0.3, 0.4) is 0 Å². The number of hydrogen-bond acceptors (Lipinski definition) is 4. The highest BCUT2D eigenvalue weighted by Gasteiger charge is 2.28. The van der Waals surface area contributed by atoms with E-state index < -0.39 is 11.7 Å². The number of nitrogens with zero attached hydrogens (tertiary/aromatic N) is 1. The minimum Gasteiger partial charge on any atom is -0.504 e. The van der Waals surface area contributed by atoms with Crippen LogP contribution in [0.5, 0.6) is 11.5 Å². The second-order valence-corrected chi connectivity index (χ2v) is 5.42. The van der Waals surface area contributed by atoms with Crippen molar-refractivity contribution < 1.29 is 24.2 Å². The minimum absolute atomic E-state index is 0.135. The highest BCUT2D eigenvalue weighted by atomic mass is 19.1. The standard InChI is InChI=1S/C18H14FNO4/c19-13-4-5-14-12(10-13)3-8-18(24)20(14)17(23)7-2-11-1-6-15(21)16(22)9-11/h1-2,4-7,9-10,21-22H,3,8H2. The number of amides is 2. The van der Waals surface area contributed by atoms with Crippen LogP contribution in [-0.4, -0.2) is 22.0 Å². The summed E-state index contributed by atoms with van der Waals surface area (Å²) in [5.74, 6) is -1.89. The monoisotopic (exact) mass is 327 g/mol. The normalized spacial score (nSPS) is 14.0. The lowest BCUT2D eigenvalue weighted by atomic mass is 10.0. The number of aryl methyl sites for hydroxylation is 1. The third-order valence-corrected chi connectivity index (χ3v) is 3.78. The Morgan fingerprint density at radius 1 is 1.08 bits per heavy atom. The molecule has 0 aliphatic carbocycles. The highest BCUT2D eigenvalue weighted by Crippen LogP contribution is 2.29. The van der Waals surface area contributed by atoms with Crippen LogP contribution in [0.15, 0.2) is 42.5 Å². The number of rotatable bonds is 2. The maximum absolute atomic E-state index is 13.3. The fourth-order valence-electron chi connectivity index (χ4n) is 2.59. The SMILES string of the molecule is O=C(C=Cc1ccc(O)c(O)c1)N1C(=O)CCc2cc(F)ccc21. The van der Waals surface area contributed by atoms with E-state index in [1.54, 1.807) is 0 Å². The highest BCUT2D eigenvalue weighted by molar-refractivity contribution is 6.20. The molecule has 2 amide bonds. The molecule has 2 aromatic rings. The van der Waals surface area contributed by atoms with E-state index in [1.807, 2.05) is 0 Å². The summed E-state index contributed by atoms with van der Waals surface area (Å²) < 4.78 is 13.3. The molecule has 0 saturated carbocycles. The van der Waals surface area contributed by atoms with Crippen LogP contribution < -0.4 is 4.90 Å². The molecule has 1 aliphatic rings. The molecule has 1 aliphatic heterocycles. The van der Waals surface area contributed by atoms with E-state index in [4.69, 9.17) is 0 Å². The number of fused-ring (bicyclic) bond motifs is 1. The van der Waals surface area contributed by atoms with E-state index in [0.29, 0.717) is 23.2 Å². The zero-order valence-corrected chi connectivity index (χ0v) is 12.6. The molecule has 2 aromatic carbocycles. The summed E-state index contributed by atoms with van der Waals surface area (Å²) in [4.78, 5) is 25.5. The number of aromatic hydroxyl groups is 2. The van der Waals surface area contributed by atoms with Gasteiger partial charge in [0.05, 0.1) is 5.69 Å². The molecule has 0 atom stereocenters. The number of phenols is 2. The third-order valence-electron chi connectivity index (χ3n) is 3.78. The Balaban J connectivity index is 1.88. The Hall–Kier alpha value is -3.15. The van der Waals surface area contributed by atoms with Gasteiger partial charge < -0.3 is 10.2 Å². The van der Waals surface area contributed by atoms with Gasteiger partial charge in [0, 0.05) is 12.5 Å². The van der Waals surface area contributed by atoms with Gasteiger partial charge in [0.2, 0.25) is 5.91 Å². The van der Waals surface area contributed by atoms with Crippen molar-refractivity contribution in [3.63, 3.8) is 0 Å². The molecular weight excluding hydrogens is 313 g/mol. The number of anilines is 1. The van der Waals surface area contributed by atoms with Gasteiger partial charge in [-0.2, -0.15) is 0 Å². The van der Waals surface area contributed by atoms with Gasteiger partial charge >= 0.3 is 0 Å². The summed E-state index contributed by atoms with van der Waals surface area (Å²) in [5.41, 5.74) is 1.48. The summed E-state index contributed by atoms with van der Waals surface area (Å²) in [7, 11) is 0. The van der Waals surface area contributed by atoms with Crippen LogP contribution in [0.25, 0.3) is 6.08 Å². The van der Waals surface area contributed by atoms with Crippen LogP contribution in [0.1, 0.15) is 17.5 Å². The molecule has 0 radical (unpaired) electrons. The lowest BCUT2D eigenvalue weighted by molar-refractivity contribution is -0.124. The third kappa shape index (κ3) is 2.99. The van der Waals surface area contributed by atoms with Crippen molar-refractivity contribution in [1.29, 1.82) is 0 Å². The first-order valence-corrected chi connectivity index (χ1v) is 7.31. The molecule has 122 valence electrons.